The fraction of sp³-hybridized carbons (Fsp3) is 0.275. The van der Waals surface area contributed by atoms with Crippen LogP contribution in [0.4, 0.5) is 11.4 Å². The van der Waals surface area contributed by atoms with Crippen molar-refractivity contribution in [3.63, 3.8) is 0 Å². The number of hydrogen-bond acceptors (Lipinski definition) is 5. The third-order valence-corrected chi connectivity index (χ3v) is 10.2. The van der Waals surface area contributed by atoms with E-state index < -0.39 is 42.2 Å². The van der Waals surface area contributed by atoms with Gasteiger partial charge in [-0.05, 0) is 53.4 Å². The van der Waals surface area contributed by atoms with E-state index >= 15 is 4.79 Å². The number of carbonyl (C=O) groups excluding carboxylic acids is 3. The molecule has 8 nitrogen and oxygen atoms in total. The molecule has 2 unspecified atom stereocenters. The molecule has 4 aromatic rings. The molecule has 1 spiro atoms. The normalized spacial score (nSPS) is 24.7. The molecule has 0 saturated carbocycles. The quantitative estimate of drug-likeness (QED) is 0.213. The minimum absolute atomic E-state index is 0.193. The summed E-state index contributed by atoms with van der Waals surface area (Å²) in [5, 5.41) is 12.9. The lowest BCUT2D eigenvalue weighted by atomic mass is 9.70. The zero-order valence-corrected chi connectivity index (χ0v) is 26.7. The molecule has 1 N–H and O–H groups in total. The average molecular weight is 642 g/mol. The Morgan fingerprint density at radius 2 is 1.48 bits per heavy atom. The third kappa shape index (κ3) is 5.03. The second kappa shape index (κ2) is 12.9. The Hall–Kier alpha value is -5.05. The van der Waals surface area contributed by atoms with Crippen LogP contribution in [-0.2, 0) is 19.1 Å². The number of anilines is 2. The van der Waals surface area contributed by atoms with Crippen LogP contribution in [-0.4, -0.2) is 65.2 Å². The molecule has 4 aromatic carbocycles. The molecule has 6 atom stereocenters. The molecular weight excluding hydrogens is 602 g/mol. The molecule has 3 aliphatic rings. The number of fused-ring (bicyclic) bond motifs is 2. The van der Waals surface area contributed by atoms with E-state index in [1.807, 2.05) is 103 Å². The largest absolute Gasteiger partial charge is 0.394 e. The molecule has 244 valence electrons. The fourth-order valence-corrected chi connectivity index (χ4v) is 8.20. The van der Waals surface area contributed by atoms with Gasteiger partial charge < -0.3 is 24.5 Å². The summed E-state index contributed by atoms with van der Waals surface area (Å²) >= 11 is 0. The molecule has 3 amide bonds. The average Bonchev–Trinajstić information content (AvgIpc) is 3.77. The lowest BCUT2D eigenvalue weighted by molar-refractivity contribution is -0.144. The summed E-state index contributed by atoms with van der Waals surface area (Å²) < 4.78 is 6.79. The number of aliphatic hydroxyl groups excluding tert-OH is 1. The number of aliphatic hydroxyl groups is 1. The van der Waals surface area contributed by atoms with Gasteiger partial charge >= 0.3 is 0 Å². The molecule has 0 radical (unpaired) electrons. The Labute approximate surface area is 280 Å². The van der Waals surface area contributed by atoms with E-state index in [1.54, 1.807) is 22.0 Å². The van der Waals surface area contributed by atoms with Gasteiger partial charge in [-0.2, -0.15) is 0 Å². The summed E-state index contributed by atoms with van der Waals surface area (Å²) in [6, 6.07) is 30.4. The zero-order valence-electron chi connectivity index (χ0n) is 26.7. The van der Waals surface area contributed by atoms with Crippen LogP contribution < -0.4 is 9.80 Å². The van der Waals surface area contributed by atoms with Gasteiger partial charge in [-0.15, -0.1) is 13.2 Å². The number of likely N-dealkylation sites (tertiary alicyclic amines) is 1. The number of carbonyl (C=O) groups is 3. The van der Waals surface area contributed by atoms with Crippen molar-refractivity contribution < 1.29 is 24.2 Å². The second-order valence-corrected chi connectivity index (χ2v) is 12.8. The molecule has 3 aliphatic heterocycles. The molecule has 8 heteroatoms. The maximum Gasteiger partial charge on any atom is 0.253 e. The lowest BCUT2D eigenvalue weighted by Crippen LogP contribution is -2.57. The van der Waals surface area contributed by atoms with Crippen LogP contribution in [0.3, 0.4) is 0 Å². The smallest absolute Gasteiger partial charge is 0.253 e. The van der Waals surface area contributed by atoms with Gasteiger partial charge in [-0.25, -0.2) is 0 Å². The van der Waals surface area contributed by atoms with Gasteiger partial charge in [0, 0.05) is 24.5 Å². The predicted molar refractivity (Wildman–Crippen MR) is 186 cm³/mol. The molecule has 3 fully saturated rings. The SMILES string of the molecule is C=CCN(C(=O)C1N([C@H](CO)c2ccccc2)C(=O)[C@@H]2[C@H](C(=O)N(CC=C)c3ccccc3)[C@@H]3CCC12O3)c1ccc2ccccc2c1. The Kier molecular flexibility index (Phi) is 8.45. The van der Waals surface area contributed by atoms with Crippen molar-refractivity contribution in [1.29, 1.82) is 0 Å². The summed E-state index contributed by atoms with van der Waals surface area (Å²) in [5.41, 5.74) is 0.792. The minimum Gasteiger partial charge on any atom is -0.394 e. The maximum atomic E-state index is 15.2. The lowest BCUT2D eigenvalue weighted by Gasteiger charge is -2.39. The molecule has 3 saturated heterocycles. The predicted octanol–water partition coefficient (Wildman–Crippen LogP) is 5.69. The summed E-state index contributed by atoms with van der Waals surface area (Å²) in [6.45, 7) is 7.85. The summed E-state index contributed by atoms with van der Waals surface area (Å²) in [4.78, 5) is 49.4. The van der Waals surface area contributed by atoms with Gasteiger partial charge in [-0.1, -0.05) is 91.0 Å². The zero-order chi connectivity index (χ0) is 33.4. The molecular formula is C40H39N3O5. The van der Waals surface area contributed by atoms with E-state index in [0.29, 0.717) is 29.8 Å². The van der Waals surface area contributed by atoms with E-state index in [1.165, 1.54) is 4.90 Å². The third-order valence-electron chi connectivity index (χ3n) is 10.2. The molecule has 48 heavy (non-hydrogen) atoms. The van der Waals surface area contributed by atoms with Gasteiger partial charge in [0.15, 0.2) is 0 Å². The van der Waals surface area contributed by atoms with E-state index in [4.69, 9.17) is 4.74 Å². The van der Waals surface area contributed by atoms with Crippen molar-refractivity contribution in [2.75, 3.05) is 29.5 Å². The maximum absolute atomic E-state index is 15.2. The number of hydrogen-bond donors (Lipinski definition) is 1. The monoisotopic (exact) mass is 641 g/mol. The first-order valence-electron chi connectivity index (χ1n) is 16.5. The van der Waals surface area contributed by atoms with Crippen LogP contribution >= 0.6 is 0 Å². The molecule has 2 bridgehead atoms. The molecule has 0 aromatic heterocycles. The number of rotatable bonds is 11. The van der Waals surface area contributed by atoms with Gasteiger partial charge in [0.1, 0.15) is 11.6 Å². The summed E-state index contributed by atoms with van der Waals surface area (Å²) in [6.07, 6.45) is 3.76. The molecule has 7 rings (SSSR count). The van der Waals surface area contributed by atoms with Crippen LogP contribution in [0.5, 0.6) is 0 Å². The van der Waals surface area contributed by atoms with Gasteiger partial charge in [0.05, 0.1) is 30.6 Å². The Bertz CT molecular complexity index is 1860. The first-order chi connectivity index (χ1) is 23.4. The van der Waals surface area contributed by atoms with Crippen molar-refractivity contribution in [2.24, 2.45) is 11.8 Å². The van der Waals surface area contributed by atoms with E-state index in [2.05, 4.69) is 13.2 Å². The van der Waals surface area contributed by atoms with Crippen molar-refractivity contribution >= 4 is 39.9 Å². The molecule has 0 aliphatic carbocycles. The van der Waals surface area contributed by atoms with Gasteiger partial charge in [0.25, 0.3) is 5.91 Å². The number of para-hydroxylation sites is 1. The number of ether oxygens (including phenoxy) is 1. The first kappa shape index (κ1) is 31.5. The summed E-state index contributed by atoms with van der Waals surface area (Å²) in [5.74, 6) is -2.66. The molecule has 3 heterocycles. The Balaban J connectivity index is 1.35. The van der Waals surface area contributed by atoms with E-state index in [9.17, 15) is 14.7 Å². The number of nitrogens with zero attached hydrogens (tertiary/aromatic N) is 3. The van der Waals surface area contributed by atoms with Gasteiger partial charge in [-0.3, -0.25) is 14.4 Å². The van der Waals surface area contributed by atoms with Gasteiger partial charge in [0.2, 0.25) is 11.8 Å². The van der Waals surface area contributed by atoms with E-state index in [-0.39, 0.29) is 30.8 Å². The topological polar surface area (TPSA) is 90.4 Å². The second-order valence-electron chi connectivity index (χ2n) is 12.8. The van der Waals surface area contributed by atoms with Crippen LogP contribution in [0.2, 0.25) is 0 Å². The van der Waals surface area contributed by atoms with Crippen molar-refractivity contribution in [3.8, 4) is 0 Å². The minimum atomic E-state index is -1.26. The van der Waals surface area contributed by atoms with Crippen molar-refractivity contribution in [3.05, 3.63) is 134 Å². The number of amides is 3. The highest BCUT2D eigenvalue weighted by Gasteiger charge is 2.75. The highest BCUT2D eigenvalue weighted by Crippen LogP contribution is 2.60. The highest BCUT2D eigenvalue weighted by molar-refractivity contribution is 6.07. The fourth-order valence-electron chi connectivity index (χ4n) is 8.20. The Morgan fingerprint density at radius 1 is 0.854 bits per heavy atom. The van der Waals surface area contributed by atoms with Crippen LogP contribution in [0.1, 0.15) is 24.4 Å². The van der Waals surface area contributed by atoms with Crippen LogP contribution in [0.25, 0.3) is 10.8 Å². The van der Waals surface area contributed by atoms with Crippen LogP contribution in [0.15, 0.2) is 128 Å². The summed E-state index contributed by atoms with van der Waals surface area (Å²) in [7, 11) is 0. The first-order valence-corrected chi connectivity index (χ1v) is 16.5. The van der Waals surface area contributed by atoms with E-state index in [0.717, 1.165) is 10.8 Å². The Morgan fingerprint density at radius 3 is 2.15 bits per heavy atom. The standard InChI is InChI=1S/C40H39N3O5/c1-3-23-41(30-17-9-6-10-18-30)37(45)34-33-21-22-40(48-33)35(34)38(46)43(32(26-44)28-14-7-5-8-15-28)36(40)39(47)42(24-4-2)31-20-19-27-13-11-12-16-29(27)25-31/h3-20,25,32-36,44H,1-2,21-24,26H2/t32-,33+,34-,35+,36?,40?/m1/s1. The van der Waals surface area contributed by atoms with Crippen molar-refractivity contribution in [2.45, 2.75) is 36.6 Å². The number of benzene rings is 4. The highest BCUT2D eigenvalue weighted by atomic mass is 16.5. The van der Waals surface area contributed by atoms with Crippen molar-refractivity contribution in [1.82, 2.24) is 4.90 Å². The van der Waals surface area contributed by atoms with Crippen LogP contribution in [0, 0.1) is 11.8 Å².